The third kappa shape index (κ3) is 1.70. The molecule has 1 fully saturated rings. The molecule has 17 heavy (non-hydrogen) atoms. The van der Waals surface area contributed by atoms with Crippen LogP contribution in [-0.2, 0) is 13.5 Å². The molecule has 0 aliphatic heterocycles. The van der Waals surface area contributed by atoms with E-state index in [0.717, 1.165) is 29.2 Å². The smallest absolute Gasteiger partial charge is 0.109 e. The summed E-state index contributed by atoms with van der Waals surface area (Å²) < 4.78 is 2.13. The summed E-state index contributed by atoms with van der Waals surface area (Å²) in [6, 6.07) is 7.88. The summed E-state index contributed by atoms with van der Waals surface area (Å²) in [4.78, 5) is 4.66. The number of nitrogens with zero attached hydrogens (tertiary/aromatic N) is 3. The molecule has 0 atom stereocenters. The van der Waals surface area contributed by atoms with E-state index in [4.69, 9.17) is 5.26 Å². The molecule has 0 bridgehead atoms. The Balaban J connectivity index is 2.02. The monoisotopic (exact) mass is 225 g/mol. The molecule has 0 spiro atoms. The average Bonchev–Trinajstić information content (AvgIpc) is 2.61. The molecule has 0 radical (unpaired) electrons. The van der Waals surface area contributed by atoms with Gasteiger partial charge in [-0.15, -0.1) is 0 Å². The fraction of sp³-hybridized carbons (Fsp3) is 0.429. The maximum Gasteiger partial charge on any atom is 0.109 e. The number of nitriles is 1. The van der Waals surface area contributed by atoms with Crippen molar-refractivity contribution in [2.75, 3.05) is 0 Å². The van der Waals surface area contributed by atoms with Crippen molar-refractivity contribution in [2.45, 2.75) is 25.7 Å². The molecule has 3 heteroatoms. The first-order chi connectivity index (χ1) is 8.28. The van der Waals surface area contributed by atoms with Gasteiger partial charge in [-0.1, -0.05) is 19.3 Å². The van der Waals surface area contributed by atoms with Gasteiger partial charge < -0.3 is 4.57 Å². The normalized spacial score (nSPS) is 15.8. The van der Waals surface area contributed by atoms with Crippen molar-refractivity contribution < 1.29 is 0 Å². The van der Waals surface area contributed by atoms with E-state index in [0.29, 0.717) is 5.56 Å². The van der Waals surface area contributed by atoms with E-state index in [1.54, 1.807) is 0 Å². The lowest BCUT2D eigenvalue weighted by Crippen LogP contribution is -2.16. The molecule has 0 unspecified atom stereocenters. The number of fused-ring (bicyclic) bond motifs is 1. The molecule has 3 rings (SSSR count). The highest BCUT2D eigenvalue weighted by Crippen LogP contribution is 2.30. The first kappa shape index (κ1) is 10.3. The zero-order chi connectivity index (χ0) is 11.8. The van der Waals surface area contributed by atoms with Crippen LogP contribution in [-0.4, -0.2) is 9.55 Å². The van der Waals surface area contributed by atoms with Crippen LogP contribution in [0.2, 0.25) is 0 Å². The second kappa shape index (κ2) is 3.89. The molecule has 0 saturated heterocycles. The first-order valence-corrected chi connectivity index (χ1v) is 6.13. The predicted molar refractivity (Wildman–Crippen MR) is 66.5 cm³/mol. The summed E-state index contributed by atoms with van der Waals surface area (Å²) in [6.07, 6.45) is 5.12. The highest BCUT2D eigenvalue weighted by atomic mass is 15.1. The van der Waals surface area contributed by atoms with Gasteiger partial charge in [0.15, 0.2) is 0 Å². The summed E-state index contributed by atoms with van der Waals surface area (Å²) in [5, 5.41) is 8.91. The molecule has 0 amide bonds. The molecule has 0 N–H and O–H groups in total. The zero-order valence-electron chi connectivity index (χ0n) is 9.98. The van der Waals surface area contributed by atoms with Crippen molar-refractivity contribution >= 4 is 11.0 Å². The maximum absolute atomic E-state index is 8.91. The van der Waals surface area contributed by atoms with Gasteiger partial charge in [-0.25, -0.2) is 4.98 Å². The van der Waals surface area contributed by atoms with Crippen LogP contribution in [0.5, 0.6) is 0 Å². The minimum atomic E-state index is 0.704. The minimum absolute atomic E-state index is 0.704. The Morgan fingerprint density at radius 3 is 2.94 bits per heavy atom. The van der Waals surface area contributed by atoms with Crippen LogP contribution in [0.25, 0.3) is 11.0 Å². The van der Waals surface area contributed by atoms with Crippen LogP contribution in [0.4, 0.5) is 0 Å². The molecule has 3 nitrogen and oxygen atoms in total. The van der Waals surface area contributed by atoms with Crippen LogP contribution in [0, 0.1) is 17.2 Å². The van der Waals surface area contributed by atoms with Crippen LogP contribution in [0.15, 0.2) is 18.2 Å². The van der Waals surface area contributed by atoms with Gasteiger partial charge >= 0.3 is 0 Å². The Labute approximate surface area is 101 Å². The standard InChI is InChI=1S/C14H15N3/c1-17-13-7-11(9-15)5-6-12(13)16-14(17)8-10-3-2-4-10/h5-7,10H,2-4,8H2,1H3. The fourth-order valence-corrected chi connectivity index (χ4v) is 2.45. The zero-order valence-corrected chi connectivity index (χ0v) is 9.98. The van der Waals surface area contributed by atoms with Crippen LogP contribution >= 0.6 is 0 Å². The average molecular weight is 225 g/mol. The lowest BCUT2D eigenvalue weighted by atomic mass is 9.83. The minimum Gasteiger partial charge on any atom is -0.331 e. The fourth-order valence-electron chi connectivity index (χ4n) is 2.45. The largest absolute Gasteiger partial charge is 0.331 e. The third-order valence-electron chi connectivity index (χ3n) is 3.80. The summed E-state index contributed by atoms with van der Waals surface area (Å²) >= 11 is 0. The van der Waals surface area contributed by atoms with Crippen molar-refractivity contribution in [3.63, 3.8) is 0 Å². The van der Waals surface area contributed by atoms with Gasteiger partial charge in [-0.2, -0.15) is 5.26 Å². The van der Waals surface area contributed by atoms with E-state index in [2.05, 4.69) is 15.6 Å². The van der Waals surface area contributed by atoms with Gasteiger partial charge in [0, 0.05) is 13.5 Å². The second-order valence-electron chi connectivity index (χ2n) is 4.90. The Morgan fingerprint density at radius 1 is 1.47 bits per heavy atom. The number of hydrogen-bond acceptors (Lipinski definition) is 2. The quantitative estimate of drug-likeness (QED) is 0.788. The Kier molecular flexibility index (Phi) is 2.36. The second-order valence-corrected chi connectivity index (χ2v) is 4.90. The van der Waals surface area contributed by atoms with E-state index in [9.17, 15) is 0 Å². The molecule has 1 aliphatic rings. The summed E-state index contributed by atoms with van der Waals surface area (Å²) in [5.74, 6) is 1.97. The highest BCUT2D eigenvalue weighted by molar-refractivity contribution is 5.77. The molecule has 1 aromatic heterocycles. The Hall–Kier alpha value is -1.82. The SMILES string of the molecule is Cn1c(CC2CCC2)nc2ccc(C#N)cc21. The van der Waals surface area contributed by atoms with Crippen LogP contribution in [0.1, 0.15) is 30.7 Å². The lowest BCUT2D eigenvalue weighted by Gasteiger charge is -2.24. The van der Waals surface area contributed by atoms with Gasteiger partial charge in [-0.3, -0.25) is 0 Å². The topological polar surface area (TPSA) is 41.6 Å². The molecular formula is C14H15N3. The van der Waals surface area contributed by atoms with Crippen molar-refractivity contribution in [1.29, 1.82) is 5.26 Å². The molecule has 2 aromatic rings. The van der Waals surface area contributed by atoms with Gasteiger partial charge in [-0.05, 0) is 24.1 Å². The van der Waals surface area contributed by atoms with E-state index >= 15 is 0 Å². The Morgan fingerprint density at radius 2 is 2.29 bits per heavy atom. The molecule has 1 saturated carbocycles. The van der Waals surface area contributed by atoms with E-state index < -0.39 is 0 Å². The number of hydrogen-bond donors (Lipinski definition) is 0. The summed E-state index contributed by atoms with van der Waals surface area (Å²) in [5.41, 5.74) is 2.77. The van der Waals surface area contributed by atoms with E-state index in [1.165, 1.54) is 19.3 Å². The summed E-state index contributed by atoms with van der Waals surface area (Å²) in [7, 11) is 2.05. The molecular weight excluding hydrogens is 210 g/mol. The maximum atomic E-state index is 8.91. The van der Waals surface area contributed by atoms with Gasteiger partial charge in [0.25, 0.3) is 0 Å². The molecule has 1 aromatic carbocycles. The number of rotatable bonds is 2. The van der Waals surface area contributed by atoms with Crippen LogP contribution < -0.4 is 0 Å². The van der Waals surface area contributed by atoms with Gasteiger partial charge in [0.2, 0.25) is 0 Å². The van der Waals surface area contributed by atoms with Crippen molar-refractivity contribution in [1.82, 2.24) is 9.55 Å². The van der Waals surface area contributed by atoms with Gasteiger partial charge in [0.1, 0.15) is 5.82 Å². The van der Waals surface area contributed by atoms with E-state index in [1.807, 2.05) is 25.2 Å². The molecule has 86 valence electrons. The molecule has 1 heterocycles. The number of imidazole rings is 1. The highest BCUT2D eigenvalue weighted by Gasteiger charge is 2.20. The first-order valence-electron chi connectivity index (χ1n) is 6.13. The molecule has 1 aliphatic carbocycles. The Bertz CT molecular complexity index is 600. The van der Waals surface area contributed by atoms with Crippen molar-refractivity contribution in [2.24, 2.45) is 13.0 Å². The van der Waals surface area contributed by atoms with Crippen molar-refractivity contribution in [3.8, 4) is 6.07 Å². The summed E-state index contributed by atoms with van der Waals surface area (Å²) in [6.45, 7) is 0. The van der Waals surface area contributed by atoms with E-state index in [-0.39, 0.29) is 0 Å². The van der Waals surface area contributed by atoms with Gasteiger partial charge in [0.05, 0.1) is 22.7 Å². The lowest BCUT2D eigenvalue weighted by molar-refractivity contribution is 0.307. The van der Waals surface area contributed by atoms with Crippen molar-refractivity contribution in [3.05, 3.63) is 29.6 Å². The number of aryl methyl sites for hydroxylation is 1. The predicted octanol–water partition coefficient (Wildman–Crippen LogP) is 2.79. The number of aromatic nitrogens is 2. The third-order valence-corrected chi connectivity index (χ3v) is 3.80. The van der Waals surface area contributed by atoms with Crippen LogP contribution in [0.3, 0.4) is 0 Å². The number of benzene rings is 1.